The zero-order valence-electron chi connectivity index (χ0n) is 13.7. The molecule has 0 saturated carbocycles. The third kappa shape index (κ3) is 2.97. The van der Waals surface area contributed by atoms with Gasteiger partial charge in [0.05, 0.1) is 17.4 Å². The van der Waals surface area contributed by atoms with E-state index >= 15 is 0 Å². The molecule has 0 radical (unpaired) electrons. The zero-order valence-corrected chi connectivity index (χ0v) is 13.7. The second kappa shape index (κ2) is 6.24. The molecule has 0 spiro atoms. The van der Waals surface area contributed by atoms with Crippen molar-refractivity contribution >= 4 is 11.4 Å². The third-order valence-electron chi connectivity index (χ3n) is 4.16. The number of nitrogens with one attached hydrogen (secondary N) is 1. The summed E-state index contributed by atoms with van der Waals surface area (Å²) in [6, 6.07) is 5.88. The summed E-state index contributed by atoms with van der Waals surface area (Å²) in [6.07, 6.45) is 4.61. The molecule has 0 aromatic carbocycles. The molecule has 0 aliphatic rings. The summed E-state index contributed by atoms with van der Waals surface area (Å²) in [6.45, 7) is 6.81. The molecule has 1 amide bonds. The van der Waals surface area contributed by atoms with E-state index in [2.05, 4.69) is 22.4 Å². The van der Waals surface area contributed by atoms with Gasteiger partial charge in [0.25, 0.3) is 0 Å². The highest BCUT2D eigenvalue weighted by Gasteiger charge is 2.13. The molecule has 120 valence electrons. The number of carbonyl (C=O) groups is 1. The Morgan fingerprint density at radius 2 is 2.13 bits per heavy atom. The van der Waals surface area contributed by atoms with Crippen molar-refractivity contribution in [3.05, 3.63) is 53.1 Å². The average Bonchev–Trinajstić information content (AvgIpc) is 3.07. The fourth-order valence-corrected chi connectivity index (χ4v) is 2.91. The number of rotatable bonds is 5. The Bertz CT molecular complexity index is 846. The Morgan fingerprint density at radius 1 is 1.30 bits per heavy atom. The maximum atomic E-state index is 12.2. The molecule has 3 aromatic heterocycles. The van der Waals surface area contributed by atoms with Crippen molar-refractivity contribution in [1.29, 1.82) is 0 Å². The maximum Gasteiger partial charge on any atom is 0.242 e. The normalized spacial score (nSPS) is 11.1. The van der Waals surface area contributed by atoms with Crippen molar-refractivity contribution in [3.63, 3.8) is 0 Å². The third-order valence-corrected chi connectivity index (χ3v) is 4.16. The fourth-order valence-electron chi connectivity index (χ4n) is 2.91. The lowest BCUT2D eigenvalue weighted by Crippen LogP contribution is -2.28. The van der Waals surface area contributed by atoms with E-state index in [9.17, 15) is 4.79 Å². The lowest BCUT2D eigenvalue weighted by atomic mass is 10.1. The van der Waals surface area contributed by atoms with Gasteiger partial charge in [0.2, 0.25) is 5.91 Å². The monoisotopic (exact) mass is 311 g/mol. The van der Waals surface area contributed by atoms with Crippen LogP contribution in [-0.4, -0.2) is 25.3 Å². The van der Waals surface area contributed by atoms with E-state index in [0.717, 1.165) is 28.9 Å². The zero-order chi connectivity index (χ0) is 16.4. The average molecular weight is 311 g/mol. The number of hydrogen-bond acceptors (Lipinski definition) is 3. The van der Waals surface area contributed by atoms with Crippen molar-refractivity contribution in [3.8, 4) is 0 Å². The van der Waals surface area contributed by atoms with Crippen molar-refractivity contribution in [2.24, 2.45) is 0 Å². The second-order valence-electron chi connectivity index (χ2n) is 5.64. The number of fused-ring (bicyclic) bond motifs is 1. The minimum Gasteiger partial charge on any atom is -0.350 e. The first-order valence-electron chi connectivity index (χ1n) is 7.81. The van der Waals surface area contributed by atoms with Crippen LogP contribution < -0.4 is 5.32 Å². The van der Waals surface area contributed by atoms with E-state index in [1.54, 1.807) is 15.4 Å². The number of aryl methyl sites for hydroxylation is 1. The highest BCUT2D eigenvalue weighted by molar-refractivity contribution is 5.76. The largest absolute Gasteiger partial charge is 0.350 e. The Balaban J connectivity index is 1.66. The molecule has 3 aromatic rings. The SMILES string of the molecule is CCc1c(C)nn(CC(=O)NCc2cnn3ccccc23)c1C. The van der Waals surface area contributed by atoms with Gasteiger partial charge in [-0.15, -0.1) is 0 Å². The van der Waals surface area contributed by atoms with E-state index < -0.39 is 0 Å². The molecule has 1 N–H and O–H groups in total. The van der Waals surface area contributed by atoms with E-state index in [-0.39, 0.29) is 12.5 Å². The summed E-state index contributed by atoms with van der Waals surface area (Å²) >= 11 is 0. The fraction of sp³-hybridized carbons (Fsp3) is 0.353. The van der Waals surface area contributed by atoms with Gasteiger partial charge in [-0.1, -0.05) is 13.0 Å². The number of nitrogens with zero attached hydrogens (tertiary/aromatic N) is 4. The van der Waals surface area contributed by atoms with Crippen LogP contribution in [0.1, 0.15) is 29.4 Å². The van der Waals surface area contributed by atoms with Crippen molar-refractivity contribution in [2.75, 3.05) is 0 Å². The molecule has 3 heterocycles. The molecule has 0 bridgehead atoms. The summed E-state index contributed by atoms with van der Waals surface area (Å²) in [4.78, 5) is 12.2. The van der Waals surface area contributed by atoms with E-state index in [4.69, 9.17) is 0 Å². The highest BCUT2D eigenvalue weighted by Crippen LogP contribution is 2.13. The van der Waals surface area contributed by atoms with Gasteiger partial charge in [-0.25, -0.2) is 4.52 Å². The first-order valence-corrected chi connectivity index (χ1v) is 7.81. The topological polar surface area (TPSA) is 64.2 Å². The molecule has 6 nitrogen and oxygen atoms in total. The predicted octanol–water partition coefficient (Wildman–Crippen LogP) is 2.03. The van der Waals surface area contributed by atoms with Gasteiger partial charge < -0.3 is 5.32 Å². The summed E-state index contributed by atoms with van der Waals surface area (Å²) in [5.74, 6) is -0.0477. The van der Waals surface area contributed by atoms with Gasteiger partial charge >= 0.3 is 0 Å². The summed E-state index contributed by atoms with van der Waals surface area (Å²) in [5.41, 5.74) is 5.30. The molecular formula is C17H21N5O. The number of pyridine rings is 1. The van der Waals surface area contributed by atoms with Gasteiger partial charge in [0.1, 0.15) is 6.54 Å². The molecule has 0 aliphatic heterocycles. The first kappa shape index (κ1) is 15.3. The molecule has 3 rings (SSSR count). The van der Waals surface area contributed by atoms with E-state index in [1.165, 1.54) is 5.56 Å². The van der Waals surface area contributed by atoms with Crippen molar-refractivity contribution < 1.29 is 4.79 Å². The highest BCUT2D eigenvalue weighted by atomic mass is 16.2. The van der Waals surface area contributed by atoms with Gasteiger partial charge in [-0.2, -0.15) is 10.2 Å². The minimum absolute atomic E-state index is 0.0477. The van der Waals surface area contributed by atoms with Crippen LogP contribution in [0.15, 0.2) is 30.6 Å². The summed E-state index contributed by atoms with van der Waals surface area (Å²) in [5, 5.41) is 11.7. The maximum absolute atomic E-state index is 12.2. The lowest BCUT2D eigenvalue weighted by molar-refractivity contribution is -0.122. The number of aromatic nitrogens is 4. The first-order chi connectivity index (χ1) is 11.1. The van der Waals surface area contributed by atoms with Crippen molar-refractivity contribution in [1.82, 2.24) is 24.7 Å². The molecule has 23 heavy (non-hydrogen) atoms. The summed E-state index contributed by atoms with van der Waals surface area (Å²) < 4.78 is 3.58. The van der Waals surface area contributed by atoms with Crippen LogP contribution in [0, 0.1) is 13.8 Å². The molecular weight excluding hydrogens is 290 g/mol. The number of hydrogen-bond donors (Lipinski definition) is 1. The van der Waals surface area contributed by atoms with Gasteiger partial charge in [-0.3, -0.25) is 9.48 Å². The van der Waals surface area contributed by atoms with Crippen LogP contribution in [0.25, 0.3) is 5.52 Å². The number of amides is 1. The Kier molecular flexibility index (Phi) is 4.14. The molecule has 0 fully saturated rings. The van der Waals surface area contributed by atoms with Crippen LogP contribution in [0.5, 0.6) is 0 Å². The molecule has 0 saturated heterocycles. The molecule has 0 unspecified atom stereocenters. The van der Waals surface area contributed by atoms with Crippen LogP contribution in [0.2, 0.25) is 0 Å². The van der Waals surface area contributed by atoms with Crippen LogP contribution in [0.4, 0.5) is 0 Å². The van der Waals surface area contributed by atoms with Gasteiger partial charge in [-0.05, 0) is 38.0 Å². The molecule has 0 atom stereocenters. The second-order valence-corrected chi connectivity index (χ2v) is 5.64. The van der Waals surface area contributed by atoms with E-state index in [1.807, 2.05) is 38.2 Å². The number of carbonyl (C=O) groups excluding carboxylic acids is 1. The quantitative estimate of drug-likeness (QED) is 0.784. The molecule has 6 heteroatoms. The molecule has 0 aliphatic carbocycles. The van der Waals surface area contributed by atoms with E-state index in [0.29, 0.717) is 6.54 Å². The van der Waals surface area contributed by atoms with Crippen LogP contribution in [-0.2, 0) is 24.3 Å². The predicted molar refractivity (Wildman–Crippen MR) is 88.1 cm³/mol. The van der Waals surface area contributed by atoms with Crippen molar-refractivity contribution in [2.45, 2.75) is 40.3 Å². The smallest absolute Gasteiger partial charge is 0.242 e. The Labute approximate surface area is 135 Å². The Morgan fingerprint density at radius 3 is 2.87 bits per heavy atom. The van der Waals surface area contributed by atoms with Crippen LogP contribution >= 0.6 is 0 Å². The minimum atomic E-state index is -0.0477. The lowest BCUT2D eigenvalue weighted by Gasteiger charge is -2.06. The van der Waals surface area contributed by atoms with Gasteiger partial charge in [0.15, 0.2) is 0 Å². The van der Waals surface area contributed by atoms with Gasteiger partial charge in [0, 0.05) is 24.0 Å². The van der Waals surface area contributed by atoms with Crippen LogP contribution in [0.3, 0.4) is 0 Å². The summed E-state index contributed by atoms with van der Waals surface area (Å²) in [7, 11) is 0. The Hall–Kier alpha value is -2.63. The standard InChI is InChI=1S/C17H21N5O/c1-4-15-12(2)20-22(13(15)3)11-17(23)18-9-14-10-19-21-8-6-5-7-16(14)21/h5-8,10H,4,9,11H2,1-3H3,(H,18,23).